The van der Waals surface area contributed by atoms with E-state index in [0.717, 1.165) is 11.1 Å². The van der Waals surface area contributed by atoms with Crippen LogP contribution in [0.4, 0.5) is 0 Å². The van der Waals surface area contributed by atoms with E-state index in [2.05, 4.69) is 20.4 Å². The van der Waals surface area contributed by atoms with Gasteiger partial charge < -0.3 is 9.84 Å². The van der Waals surface area contributed by atoms with Crippen molar-refractivity contribution < 1.29 is 9.32 Å². The molecular weight excluding hydrogens is 316 g/mol. The number of nitrogens with zero attached hydrogens (tertiary/aromatic N) is 3. The summed E-state index contributed by atoms with van der Waals surface area (Å²) in [4.78, 5) is 20.3. The van der Waals surface area contributed by atoms with Crippen LogP contribution < -0.4 is 5.32 Å². The van der Waals surface area contributed by atoms with Gasteiger partial charge in [0.15, 0.2) is 5.82 Å². The summed E-state index contributed by atoms with van der Waals surface area (Å²) >= 11 is 0. The van der Waals surface area contributed by atoms with Gasteiger partial charge in [0, 0.05) is 38.2 Å². The average Bonchev–Trinajstić information content (AvgIpc) is 3.09. The molecule has 3 aromatic rings. The first-order valence-electron chi connectivity index (χ1n) is 8.30. The third-order valence-corrected chi connectivity index (χ3v) is 3.74. The first-order valence-corrected chi connectivity index (χ1v) is 8.30. The molecule has 0 aliphatic carbocycles. The third kappa shape index (κ3) is 5.53. The van der Waals surface area contributed by atoms with Gasteiger partial charge in [-0.15, -0.1) is 0 Å². The molecular formula is C19H20N4O2. The van der Waals surface area contributed by atoms with Crippen LogP contribution in [0.5, 0.6) is 0 Å². The Labute approximate surface area is 146 Å². The van der Waals surface area contributed by atoms with E-state index < -0.39 is 0 Å². The zero-order chi connectivity index (χ0) is 17.3. The zero-order valence-electron chi connectivity index (χ0n) is 13.9. The summed E-state index contributed by atoms with van der Waals surface area (Å²) in [6.07, 6.45) is 5.79. The van der Waals surface area contributed by atoms with E-state index in [-0.39, 0.29) is 5.91 Å². The van der Waals surface area contributed by atoms with Crippen LogP contribution in [0.2, 0.25) is 0 Å². The molecule has 6 nitrogen and oxygen atoms in total. The van der Waals surface area contributed by atoms with E-state index in [4.69, 9.17) is 4.52 Å². The van der Waals surface area contributed by atoms with Gasteiger partial charge in [-0.3, -0.25) is 9.78 Å². The number of pyridine rings is 1. The number of amides is 1. The molecule has 25 heavy (non-hydrogen) atoms. The minimum Gasteiger partial charge on any atom is -0.356 e. The molecule has 0 atom stereocenters. The molecule has 0 aliphatic heterocycles. The average molecular weight is 336 g/mol. The fourth-order valence-electron chi connectivity index (χ4n) is 2.44. The van der Waals surface area contributed by atoms with Crippen LogP contribution >= 0.6 is 0 Å². The fourth-order valence-corrected chi connectivity index (χ4v) is 2.44. The quantitative estimate of drug-likeness (QED) is 0.683. The normalized spacial score (nSPS) is 10.6. The first-order chi connectivity index (χ1) is 12.3. The van der Waals surface area contributed by atoms with E-state index in [1.807, 2.05) is 42.5 Å². The number of carbonyl (C=O) groups is 1. The Morgan fingerprint density at radius 3 is 2.68 bits per heavy atom. The van der Waals surface area contributed by atoms with E-state index >= 15 is 0 Å². The number of carbonyl (C=O) groups excluding carboxylic acids is 1. The molecule has 6 heteroatoms. The van der Waals surface area contributed by atoms with E-state index in [9.17, 15) is 4.79 Å². The molecule has 0 aliphatic rings. The number of rotatable bonds is 8. The molecule has 1 N–H and O–H groups in total. The lowest BCUT2D eigenvalue weighted by Crippen LogP contribution is -2.25. The van der Waals surface area contributed by atoms with Crippen LogP contribution in [0.25, 0.3) is 0 Å². The van der Waals surface area contributed by atoms with Crippen LogP contribution in [-0.4, -0.2) is 27.6 Å². The maximum Gasteiger partial charge on any atom is 0.228 e. The molecule has 0 radical (unpaired) electrons. The molecule has 1 amide bonds. The highest BCUT2D eigenvalue weighted by atomic mass is 16.5. The summed E-state index contributed by atoms with van der Waals surface area (Å²) in [5.74, 6) is 1.20. The molecule has 0 saturated carbocycles. The van der Waals surface area contributed by atoms with Gasteiger partial charge in [0.25, 0.3) is 0 Å². The molecule has 0 unspecified atom stereocenters. The molecule has 0 spiro atoms. The molecule has 0 bridgehead atoms. The number of aryl methyl sites for hydroxylation is 1. The summed E-state index contributed by atoms with van der Waals surface area (Å²) in [5, 5.41) is 6.85. The minimum absolute atomic E-state index is 0.00729. The molecule has 0 fully saturated rings. The number of hydrogen-bond donors (Lipinski definition) is 1. The van der Waals surface area contributed by atoms with Crippen molar-refractivity contribution in [2.24, 2.45) is 0 Å². The van der Waals surface area contributed by atoms with Crippen LogP contribution in [0, 0.1) is 0 Å². The summed E-state index contributed by atoms with van der Waals surface area (Å²) in [6.45, 7) is 0.485. The highest BCUT2D eigenvalue weighted by Crippen LogP contribution is 2.06. The Bertz CT molecular complexity index is 787. The van der Waals surface area contributed by atoms with E-state index in [1.54, 1.807) is 12.4 Å². The summed E-state index contributed by atoms with van der Waals surface area (Å²) < 4.78 is 5.23. The molecule has 2 aromatic heterocycles. The largest absolute Gasteiger partial charge is 0.356 e. The minimum atomic E-state index is 0.00729. The maximum atomic E-state index is 11.9. The van der Waals surface area contributed by atoms with Gasteiger partial charge in [-0.2, -0.15) is 4.98 Å². The standard InChI is InChI=1S/C19H20N4O2/c24-18(9-8-16-7-4-11-20-14-16)21-12-10-19-22-17(23-25-19)13-15-5-2-1-3-6-15/h1-7,11,14H,8-10,12-13H2,(H,21,24). The number of hydrogen-bond acceptors (Lipinski definition) is 5. The second kappa shape index (κ2) is 8.73. The molecule has 1 aromatic carbocycles. The van der Waals surface area contributed by atoms with Crippen molar-refractivity contribution in [3.63, 3.8) is 0 Å². The lowest BCUT2D eigenvalue weighted by molar-refractivity contribution is -0.121. The van der Waals surface area contributed by atoms with E-state index in [0.29, 0.717) is 43.9 Å². The van der Waals surface area contributed by atoms with Crippen molar-refractivity contribution in [2.75, 3.05) is 6.54 Å². The van der Waals surface area contributed by atoms with Gasteiger partial charge in [0.1, 0.15) is 0 Å². The van der Waals surface area contributed by atoms with Crippen molar-refractivity contribution in [3.8, 4) is 0 Å². The second-order valence-corrected chi connectivity index (χ2v) is 5.73. The summed E-state index contributed by atoms with van der Waals surface area (Å²) in [6, 6.07) is 13.8. The van der Waals surface area contributed by atoms with Crippen molar-refractivity contribution in [2.45, 2.75) is 25.7 Å². The van der Waals surface area contributed by atoms with Crippen LogP contribution in [0.15, 0.2) is 59.4 Å². The topological polar surface area (TPSA) is 80.9 Å². The Morgan fingerprint density at radius 1 is 1.04 bits per heavy atom. The Morgan fingerprint density at radius 2 is 1.88 bits per heavy atom. The number of aromatic nitrogens is 3. The summed E-state index contributed by atoms with van der Waals surface area (Å²) in [5.41, 5.74) is 2.19. The summed E-state index contributed by atoms with van der Waals surface area (Å²) in [7, 11) is 0. The molecule has 0 saturated heterocycles. The van der Waals surface area contributed by atoms with E-state index in [1.165, 1.54) is 0 Å². The monoisotopic (exact) mass is 336 g/mol. The smallest absolute Gasteiger partial charge is 0.228 e. The van der Waals surface area contributed by atoms with Crippen molar-refractivity contribution in [1.29, 1.82) is 0 Å². The Kier molecular flexibility index (Phi) is 5.87. The fraction of sp³-hybridized carbons (Fsp3) is 0.263. The predicted molar refractivity (Wildman–Crippen MR) is 92.8 cm³/mol. The predicted octanol–water partition coefficient (Wildman–Crippen LogP) is 2.35. The van der Waals surface area contributed by atoms with Crippen molar-refractivity contribution in [1.82, 2.24) is 20.4 Å². The van der Waals surface area contributed by atoms with Crippen LogP contribution in [0.1, 0.15) is 29.3 Å². The molecule has 128 valence electrons. The van der Waals surface area contributed by atoms with Crippen LogP contribution in [-0.2, 0) is 24.1 Å². The second-order valence-electron chi connectivity index (χ2n) is 5.73. The SMILES string of the molecule is O=C(CCc1cccnc1)NCCc1nc(Cc2ccccc2)no1. The van der Waals surface area contributed by atoms with Gasteiger partial charge in [0.2, 0.25) is 11.8 Å². The Balaban J connectivity index is 1.38. The number of benzene rings is 1. The van der Waals surface area contributed by atoms with Crippen molar-refractivity contribution >= 4 is 5.91 Å². The lowest BCUT2D eigenvalue weighted by Gasteiger charge is -2.03. The molecule has 2 heterocycles. The lowest BCUT2D eigenvalue weighted by atomic mass is 10.1. The van der Waals surface area contributed by atoms with Gasteiger partial charge in [-0.05, 0) is 23.6 Å². The third-order valence-electron chi connectivity index (χ3n) is 3.74. The van der Waals surface area contributed by atoms with Gasteiger partial charge >= 0.3 is 0 Å². The van der Waals surface area contributed by atoms with Gasteiger partial charge in [-0.1, -0.05) is 41.6 Å². The maximum absolute atomic E-state index is 11.9. The highest BCUT2D eigenvalue weighted by molar-refractivity contribution is 5.76. The highest BCUT2D eigenvalue weighted by Gasteiger charge is 2.08. The molecule has 3 rings (SSSR count). The van der Waals surface area contributed by atoms with Crippen molar-refractivity contribution in [3.05, 3.63) is 77.7 Å². The first kappa shape index (κ1) is 16.8. The zero-order valence-corrected chi connectivity index (χ0v) is 13.9. The van der Waals surface area contributed by atoms with Gasteiger partial charge in [0.05, 0.1) is 0 Å². The number of nitrogens with one attached hydrogen (secondary N) is 1. The van der Waals surface area contributed by atoms with Gasteiger partial charge in [-0.25, -0.2) is 0 Å². The Hall–Kier alpha value is -3.02. The van der Waals surface area contributed by atoms with Crippen LogP contribution in [0.3, 0.4) is 0 Å².